The maximum Gasteiger partial charge on any atom is 0.196 e. The predicted octanol–water partition coefficient (Wildman–Crippen LogP) is 3.78. The second-order valence-electron chi connectivity index (χ2n) is 5.51. The average molecular weight is 348 g/mol. The van der Waals surface area contributed by atoms with Gasteiger partial charge in [0.25, 0.3) is 0 Å². The summed E-state index contributed by atoms with van der Waals surface area (Å²) in [5.74, 6) is 0.833. The number of aromatic amines is 1. The third-order valence-corrected chi connectivity index (χ3v) is 4.74. The average Bonchev–Trinajstić information content (AvgIpc) is 3.36. The fraction of sp³-hybridized carbons (Fsp3) is 0. The van der Waals surface area contributed by atoms with E-state index < -0.39 is 0 Å². The molecule has 0 atom stereocenters. The van der Waals surface area contributed by atoms with Crippen molar-refractivity contribution >= 4 is 38.7 Å². The summed E-state index contributed by atoms with van der Waals surface area (Å²) in [5, 5.41) is 17.4. The van der Waals surface area contributed by atoms with Crippen LogP contribution in [-0.4, -0.2) is 29.4 Å². The zero-order valence-corrected chi connectivity index (χ0v) is 13.7. The lowest BCUT2D eigenvalue weighted by Gasteiger charge is -2.09. The normalized spacial score (nSPS) is 11.4. The minimum Gasteiger partial charge on any atom is -0.494 e. The van der Waals surface area contributed by atoms with Crippen LogP contribution in [0.5, 0.6) is 5.88 Å². The van der Waals surface area contributed by atoms with Crippen LogP contribution < -0.4 is 5.32 Å². The summed E-state index contributed by atoms with van der Waals surface area (Å²) in [5.41, 5.74) is 2.63. The third-order valence-electron chi connectivity index (χ3n) is 4.05. The molecule has 0 amide bonds. The number of imidazole rings is 1. The largest absolute Gasteiger partial charge is 0.494 e. The van der Waals surface area contributed by atoms with Gasteiger partial charge in [-0.3, -0.25) is 4.40 Å². The molecule has 0 radical (unpaired) electrons. The van der Waals surface area contributed by atoms with Gasteiger partial charge >= 0.3 is 0 Å². The van der Waals surface area contributed by atoms with Crippen LogP contribution in [0.4, 0.5) is 10.9 Å². The molecule has 4 heterocycles. The molecule has 0 aliphatic rings. The molecule has 0 fully saturated rings. The number of thiazole rings is 1. The molecule has 7 nitrogen and oxygen atoms in total. The molecular weight excluding hydrogens is 336 g/mol. The Labute approximate surface area is 145 Å². The van der Waals surface area contributed by atoms with E-state index in [0.717, 1.165) is 32.8 Å². The van der Waals surface area contributed by atoms with Gasteiger partial charge in [-0.25, -0.2) is 15.0 Å². The lowest BCUT2D eigenvalue weighted by atomic mass is 10.1. The highest BCUT2D eigenvalue weighted by atomic mass is 32.1. The number of hydrogen-bond acceptors (Lipinski definition) is 6. The van der Waals surface area contributed by atoms with E-state index in [9.17, 15) is 5.11 Å². The van der Waals surface area contributed by atoms with E-state index in [1.165, 1.54) is 11.3 Å². The van der Waals surface area contributed by atoms with Gasteiger partial charge < -0.3 is 15.4 Å². The van der Waals surface area contributed by atoms with Crippen LogP contribution >= 0.6 is 11.3 Å². The van der Waals surface area contributed by atoms with Crippen molar-refractivity contribution in [2.24, 2.45) is 0 Å². The van der Waals surface area contributed by atoms with Crippen molar-refractivity contribution in [1.29, 1.82) is 0 Å². The summed E-state index contributed by atoms with van der Waals surface area (Å²) in [7, 11) is 0. The maximum absolute atomic E-state index is 9.77. The molecule has 122 valence electrons. The van der Waals surface area contributed by atoms with Gasteiger partial charge in [-0.05, 0) is 12.1 Å². The first-order valence-electron chi connectivity index (χ1n) is 7.58. The molecule has 4 aromatic heterocycles. The van der Waals surface area contributed by atoms with Gasteiger partial charge in [-0.2, -0.15) is 0 Å². The van der Waals surface area contributed by atoms with Crippen molar-refractivity contribution in [1.82, 2.24) is 24.3 Å². The smallest absolute Gasteiger partial charge is 0.196 e. The number of aromatic nitrogens is 5. The van der Waals surface area contributed by atoms with E-state index in [1.54, 1.807) is 24.8 Å². The van der Waals surface area contributed by atoms with Crippen molar-refractivity contribution < 1.29 is 5.11 Å². The van der Waals surface area contributed by atoms with Crippen molar-refractivity contribution in [2.75, 3.05) is 5.32 Å². The highest BCUT2D eigenvalue weighted by Crippen LogP contribution is 2.30. The summed E-state index contributed by atoms with van der Waals surface area (Å²) in [6, 6.07) is 5.86. The number of anilines is 2. The van der Waals surface area contributed by atoms with Crippen molar-refractivity contribution in [3.05, 3.63) is 54.6 Å². The molecule has 25 heavy (non-hydrogen) atoms. The minimum absolute atomic E-state index is 0.176. The van der Waals surface area contributed by atoms with Crippen molar-refractivity contribution in [2.45, 2.75) is 0 Å². The van der Waals surface area contributed by atoms with Gasteiger partial charge in [-0.15, -0.1) is 11.3 Å². The number of fused-ring (bicyclic) bond motifs is 2. The van der Waals surface area contributed by atoms with Crippen LogP contribution in [0, 0.1) is 0 Å². The zero-order chi connectivity index (χ0) is 16.8. The molecule has 0 bridgehead atoms. The highest BCUT2D eigenvalue weighted by molar-refractivity contribution is 7.13. The molecule has 8 heteroatoms. The fourth-order valence-corrected chi connectivity index (χ4v) is 3.42. The third kappa shape index (κ3) is 2.23. The topological polar surface area (TPSA) is 91.1 Å². The first kappa shape index (κ1) is 14.0. The van der Waals surface area contributed by atoms with Crippen molar-refractivity contribution in [3.63, 3.8) is 0 Å². The molecule has 5 aromatic rings. The molecule has 3 N–H and O–H groups in total. The van der Waals surface area contributed by atoms with Gasteiger partial charge in [0, 0.05) is 46.5 Å². The highest BCUT2D eigenvalue weighted by Gasteiger charge is 2.12. The molecular formula is C17H12N6OS. The van der Waals surface area contributed by atoms with E-state index in [0.29, 0.717) is 5.82 Å². The Morgan fingerprint density at radius 2 is 2.12 bits per heavy atom. The van der Waals surface area contributed by atoms with Gasteiger partial charge in [0.2, 0.25) is 0 Å². The molecule has 0 saturated carbocycles. The molecule has 0 aliphatic carbocycles. The number of nitrogens with one attached hydrogen (secondary N) is 2. The Balaban J connectivity index is 1.65. The molecule has 0 unspecified atom stereocenters. The quantitative estimate of drug-likeness (QED) is 0.461. The van der Waals surface area contributed by atoms with E-state index in [2.05, 4.69) is 25.3 Å². The first-order chi connectivity index (χ1) is 12.3. The van der Waals surface area contributed by atoms with Gasteiger partial charge in [0.15, 0.2) is 22.5 Å². The number of H-pyrrole nitrogens is 1. The van der Waals surface area contributed by atoms with Gasteiger partial charge in [-0.1, -0.05) is 6.07 Å². The molecule has 0 spiro atoms. The number of aromatic hydroxyl groups is 1. The Morgan fingerprint density at radius 1 is 1.16 bits per heavy atom. The summed E-state index contributed by atoms with van der Waals surface area (Å²) in [6.07, 6.45) is 8.97. The molecule has 5 rings (SSSR count). The summed E-state index contributed by atoms with van der Waals surface area (Å²) in [6.45, 7) is 0. The molecule has 0 aliphatic heterocycles. The van der Waals surface area contributed by atoms with Crippen LogP contribution in [0.15, 0.2) is 54.6 Å². The fourth-order valence-electron chi connectivity index (χ4n) is 2.89. The molecule has 1 aromatic carbocycles. The lowest BCUT2D eigenvalue weighted by molar-refractivity contribution is 0.462. The van der Waals surface area contributed by atoms with Gasteiger partial charge in [0.1, 0.15) is 0 Å². The Bertz CT molecular complexity index is 1190. The summed E-state index contributed by atoms with van der Waals surface area (Å²) < 4.78 is 1.98. The Kier molecular flexibility index (Phi) is 2.98. The van der Waals surface area contributed by atoms with Crippen LogP contribution in [-0.2, 0) is 0 Å². The Hall–Kier alpha value is -3.39. The second kappa shape index (κ2) is 5.32. The van der Waals surface area contributed by atoms with E-state index in [4.69, 9.17) is 0 Å². The van der Waals surface area contributed by atoms with Crippen LogP contribution in [0.1, 0.15) is 0 Å². The van der Waals surface area contributed by atoms with Crippen LogP contribution in [0.25, 0.3) is 27.7 Å². The first-order valence-corrected chi connectivity index (χ1v) is 8.46. The number of benzene rings is 1. The Morgan fingerprint density at radius 3 is 3.00 bits per heavy atom. The van der Waals surface area contributed by atoms with E-state index >= 15 is 0 Å². The van der Waals surface area contributed by atoms with Crippen LogP contribution in [0.3, 0.4) is 0 Å². The summed E-state index contributed by atoms with van der Waals surface area (Å²) in [4.78, 5) is 16.0. The number of hydrogen-bond donors (Lipinski definition) is 3. The minimum atomic E-state index is 0.176. The standard InChI is InChI=1S/C17H12N6OS/c24-16-12-2-1-10(7-11(12)8-21-16)13-9-20-14(15-18-3-5-23(13)15)22-17-19-4-6-25-17/h1-9,21,24H,(H,19,20,22). The monoisotopic (exact) mass is 348 g/mol. The van der Waals surface area contributed by atoms with E-state index in [-0.39, 0.29) is 5.88 Å². The van der Waals surface area contributed by atoms with Gasteiger partial charge in [0.05, 0.1) is 11.9 Å². The molecule has 0 saturated heterocycles. The summed E-state index contributed by atoms with van der Waals surface area (Å²) >= 11 is 1.51. The van der Waals surface area contributed by atoms with E-state index in [1.807, 2.05) is 34.2 Å². The zero-order valence-electron chi connectivity index (χ0n) is 12.8. The SMILES string of the molecule is Oc1[nH]cc2cc(-c3cnc(Nc4nccs4)c4nccn34)ccc12. The van der Waals surface area contributed by atoms with Crippen molar-refractivity contribution in [3.8, 4) is 17.1 Å². The second-order valence-corrected chi connectivity index (χ2v) is 6.41. The van der Waals surface area contributed by atoms with Crippen LogP contribution in [0.2, 0.25) is 0 Å². The lowest BCUT2D eigenvalue weighted by Crippen LogP contribution is -2.00. The maximum atomic E-state index is 9.77. The number of nitrogens with zero attached hydrogens (tertiary/aromatic N) is 4. The predicted molar refractivity (Wildman–Crippen MR) is 97.3 cm³/mol. The number of rotatable bonds is 3.